The summed E-state index contributed by atoms with van der Waals surface area (Å²) in [5, 5.41) is 3.26. The van der Waals surface area contributed by atoms with Gasteiger partial charge in [-0.05, 0) is 29.1 Å². The average molecular weight is 378 g/mol. The van der Waals surface area contributed by atoms with Gasteiger partial charge in [-0.3, -0.25) is 14.4 Å². The molecular weight excluding hydrogens is 360 g/mol. The molecule has 0 radical (unpaired) electrons. The largest absolute Gasteiger partial charge is 0.302 e. The molecule has 0 aliphatic carbocycles. The summed E-state index contributed by atoms with van der Waals surface area (Å²) >= 11 is 1.50. The van der Waals surface area contributed by atoms with Crippen LogP contribution in [-0.4, -0.2) is 28.3 Å². The van der Waals surface area contributed by atoms with Crippen LogP contribution in [-0.2, 0) is 16.2 Å². The minimum atomic E-state index is -0.561. The second-order valence-corrected chi connectivity index (χ2v) is 7.15. The van der Waals surface area contributed by atoms with Crippen molar-refractivity contribution in [1.82, 2.24) is 9.96 Å². The van der Waals surface area contributed by atoms with Gasteiger partial charge in [-0.1, -0.05) is 54.6 Å². The van der Waals surface area contributed by atoms with Crippen molar-refractivity contribution in [2.75, 3.05) is 6.54 Å². The Hall–Kier alpha value is -2.96. The molecule has 2 amide bonds. The smallest absolute Gasteiger partial charge is 0.268 e. The predicted molar refractivity (Wildman–Crippen MR) is 103 cm³/mol. The molecule has 0 saturated carbocycles. The molecule has 0 N–H and O–H groups in total. The van der Waals surface area contributed by atoms with E-state index >= 15 is 0 Å². The summed E-state index contributed by atoms with van der Waals surface area (Å²) in [6.45, 7) is 0.257. The molecule has 1 fully saturated rings. The summed E-state index contributed by atoms with van der Waals surface area (Å²) < 4.78 is 0. The van der Waals surface area contributed by atoms with Crippen LogP contribution in [0.25, 0.3) is 0 Å². The Balaban J connectivity index is 1.61. The maximum absolute atomic E-state index is 13.0. The van der Waals surface area contributed by atoms with Crippen LogP contribution in [0.5, 0.6) is 0 Å². The highest BCUT2D eigenvalue weighted by Crippen LogP contribution is 2.35. The third kappa shape index (κ3) is 3.63. The minimum Gasteiger partial charge on any atom is -0.302 e. The molecule has 27 heavy (non-hydrogen) atoms. The quantitative estimate of drug-likeness (QED) is 0.677. The first-order chi connectivity index (χ1) is 13.2. The fourth-order valence-electron chi connectivity index (χ4n) is 3.06. The first-order valence-corrected chi connectivity index (χ1v) is 9.50. The van der Waals surface area contributed by atoms with E-state index in [1.807, 2.05) is 66.0 Å². The SMILES string of the molecule is O=C(c1ccccc1)N1CC(=O)N(OCc2ccccc2)[C@@H]1c1cccs1. The Bertz CT molecular complexity index is 913. The van der Waals surface area contributed by atoms with Crippen molar-refractivity contribution in [3.63, 3.8) is 0 Å². The maximum atomic E-state index is 13.0. The van der Waals surface area contributed by atoms with Gasteiger partial charge in [0.05, 0.1) is 0 Å². The van der Waals surface area contributed by atoms with Gasteiger partial charge in [-0.2, -0.15) is 5.06 Å². The van der Waals surface area contributed by atoms with Crippen molar-refractivity contribution in [1.29, 1.82) is 0 Å². The predicted octanol–water partition coefficient (Wildman–Crippen LogP) is 3.86. The second kappa shape index (κ2) is 7.73. The molecule has 0 bridgehead atoms. The van der Waals surface area contributed by atoms with E-state index in [0.717, 1.165) is 10.4 Å². The lowest BCUT2D eigenvalue weighted by Gasteiger charge is -2.28. The fraction of sp³-hybridized carbons (Fsp3) is 0.143. The van der Waals surface area contributed by atoms with Gasteiger partial charge >= 0.3 is 0 Å². The number of hydrogen-bond acceptors (Lipinski definition) is 4. The fourth-order valence-corrected chi connectivity index (χ4v) is 3.88. The zero-order valence-corrected chi connectivity index (χ0v) is 15.3. The highest BCUT2D eigenvalue weighted by Gasteiger charge is 2.43. The number of hydroxylamine groups is 2. The first-order valence-electron chi connectivity index (χ1n) is 8.62. The van der Waals surface area contributed by atoms with Crippen LogP contribution >= 0.6 is 11.3 Å². The standard InChI is InChI=1S/C21H18N2O3S/c24-19-14-22(21(25)17-10-5-2-6-11-17)20(18-12-7-13-27-18)23(19)26-15-16-8-3-1-4-9-16/h1-13,20H,14-15H2/t20-/m1/s1. The van der Waals surface area contributed by atoms with Gasteiger partial charge in [-0.15, -0.1) is 11.3 Å². The Morgan fingerprint density at radius 1 is 1.00 bits per heavy atom. The lowest BCUT2D eigenvalue weighted by Crippen LogP contribution is -2.35. The highest BCUT2D eigenvalue weighted by atomic mass is 32.1. The number of carbonyl (C=O) groups excluding carboxylic acids is 2. The molecule has 2 heterocycles. The molecule has 1 aromatic heterocycles. The third-order valence-electron chi connectivity index (χ3n) is 4.36. The van der Waals surface area contributed by atoms with Gasteiger partial charge in [-0.25, -0.2) is 0 Å². The van der Waals surface area contributed by atoms with Crippen LogP contribution < -0.4 is 0 Å². The minimum absolute atomic E-state index is 0.00885. The molecule has 3 aromatic rings. The lowest BCUT2D eigenvalue weighted by atomic mass is 10.2. The summed E-state index contributed by atoms with van der Waals surface area (Å²) in [5.74, 6) is -0.415. The monoisotopic (exact) mass is 378 g/mol. The van der Waals surface area contributed by atoms with Crippen molar-refractivity contribution in [3.05, 3.63) is 94.2 Å². The number of nitrogens with zero attached hydrogens (tertiary/aromatic N) is 2. The van der Waals surface area contributed by atoms with Crippen molar-refractivity contribution < 1.29 is 14.4 Å². The van der Waals surface area contributed by atoms with Gasteiger partial charge in [0.2, 0.25) is 0 Å². The van der Waals surface area contributed by atoms with E-state index in [1.165, 1.54) is 16.4 Å². The number of thiophene rings is 1. The van der Waals surface area contributed by atoms with E-state index in [1.54, 1.807) is 17.0 Å². The number of rotatable bonds is 5. The second-order valence-electron chi connectivity index (χ2n) is 6.17. The first kappa shape index (κ1) is 17.5. The molecule has 1 aliphatic rings. The van der Waals surface area contributed by atoms with Gasteiger partial charge in [0.25, 0.3) is 11.8 Å². The van der Waals surface area contributed by atoms with Crippen LogP contribution in [0.3, 0.4) is 0 Å². The zero-order chi connectivity index (χ0) is 18.6. The Kier molecular flexibility index (Phi) is 5.00. The third-order valence-corrected chi connectivity index (χ3v) is 5.27. The van der Waals surface area contributed by atoms with Gasteiger partial charge in [0, 0.05) is 10.4 Å². The molecule has 5 nitrogen and oxygen atoms in total. The summed E-state index contributed by atoms with van der Waals surface area (Å²) in [4.78, 5) is 34.0. The Labute approximate surface area is 161 Å². The van der Waals surface area contributed by atoms with Crippen molar-refractivity contribution in [2.45, 2.75) is 12.8 Å². The van der Waals surface area contributed by atoms with E-state index in [0.29, 0.717) is 5.56 Å². The molecular formula is C21H18N2O3S. The van der Waals surface area contributed by atoms with E-state index < -0.39 is 6.17 Å². The maximum Gasteiger partial charge on any atom is 0.268 e. The van der Waals surface area contributed by atoms with E-state index in [2.05, 4.69) is 0 Å². The number of benzene rings is 2. The number of carbonyl (C=O) groups is 2. The van der Waals surface area contributed by atoms with Gasteiger partial charge in [0.15, 0.2) is 6.17 Å². The van der Waals surface area contributed by atoms with E-state index in [-0.39, 0.29) is 25.0 Å². The Morgan fingerprint density at radius 3 is 2.37 bits per heavy atom. The number of hydrogen-bond donors (Lipinski definition) is 0. The topological polar surface area (TPSA) is 49.9 Å². The number of amides is 2. The normalized spacial score (nSPS) is 16.7. The summed E-state index contributed by atoms with van der Waals surface area (Å²) in [7, 11) is 0. The lowest BCUT2D eigenvalue weighted by molar-refractivity contribution is -0.201. The summed E-state index contributed by atoms with van der Waals surface area (Å²) in [6, 6.07) is 22.5. The summed E-state index contributed by atoms with van der Waals surface area (Å²) in [6.07, 6.45) is -0.561. The Morgan fingerprint density at radius 2 is 1.70 bits per heavy atom. The van der Waals surface area contributed by atoms with Crippen molar-refractivity contribution in [3.8, 4) is 0 Å². The molecule has 136 valence electrons. The van der Waals surface area contributed by atoms with Gasteiger partial charge in [0.1, 0.15) is 13.2 Å². The van der Waals surface area contributed by atoms with E-state index in [4.69, 9.17) is 4.84 Å². The van der Waals surface area contributed by atoms with Gasteiger partial charge < -0.3 is 4.90 Å². The van der Waals surface area contributed by atoms with Crippen LogP contribution in [0.1, 0.15) is 27.0 Å². The van der Waals surface area contributed by atoms with Crippen molar-refractivity contribution in [2.24, 2.45) is 0 Å². The molecule has 4 rings (SSSR count). The van der Waals surface area contributed by atoms with E-state index in [9.17, 15) is 9.59 Å². The highest BCUT2D eigenvalue weighted by molar-refractivity contribution is 7.10. The van der Waals surface area contributed by atoms with Crippen molar-refractivity contribution >= 4 is 23.2 Å². The average Bonchev–Trinajstić information content (AvgIpc) is 3.35. The molecule has 1 saturated heterocycles. The molecule has 1 aliphatic heterocycles. The zero-order valence-electron chi connectivity index (χ0n) is 14.5. The van der Waals surface area contributed by atoms with Crippen LogP contribution in [0.4, 0.5) is 0 Å². The van der Waals surface area contributed by atoms with Crippen LogP contribution in [0, 0.1) is 0 Å². The molecule has 0 spiro atoms. The molecule has 0 unspecified atom stereocenters. The molecule has 6 heteroatoms. The van der Waals surface area contributed by atoms with Crippen LogP contribution in [0.15, 0.2) is 78.2 Å². The van der Waals surface area contributed by atoms with Crippen LogP contribution in [0.2, 0.25) is 0 Å². The molecule has 1 atom stereocenters. The molecule has 2 aromatic carbocycles. The summed E-state index contributed by atoms with van der Waals surface area (Å²) in [5.41, 5.74) is 1.51.